The van der Waals surface area contributed by atoms with E-state index < -0.39 is 0 Å². The van der Waals surface area contributed by atoms with Gasteiger partial charge in [-0.3, -0.25) is 0 Å². The van der Waals surface area contributed by atoms with Crippen LogP contribution in [-0.2, 0) is 11.3 Å². The van der Waals surface area contributed by atoms with Gasteiger partial charge in [0.1, 0.15) is 5.82 Å². The van der Waals surface area contributed by atoms with Gasteiger partial charge in [-0.1, -0.05) is 19.9 Å². The molecular weight excluding hydrogens is 250 g/mol. The van der Waals surface area contributed by atoms with E-state index >= 15 is 0 Å². The van der Waals surface area contributed by atoms with Gasteiger partial charge in [0, 0.05) is 44.5 Å². The maximum absolute atomic E-state index is 5.57. The molecule has 0 spiro atoms. The van der Waals surface area contributed by atoms with Crippen LogP contribution < -0.4 is 10.2 Å². The monoisotopic (exact) mass is 277 g/mol. The van der Waals surface area contributed by atoms with E-state index in [0.717, 1.165) is 32.1 Å². The van der Waals surface area contributed by atoms with E-state index in [-0.39, 0.29) is 0 Å². The number of anilines is 1. The minimum Gasteiger partial charge on any atom is -0.381 e. The van der Waals surface area contributed by atoms with E-state index in [9.17, 15) is 0 Å². The minimum atomic E-state index is 0.486. The second-order valence-corrected chi connectivity index (χ2v) is 5.99. The highest BCUT2D eigenvalue weighted by Gasteiger charge is 2.18. The molecule has 1 unspecified atom stereocenters. The van der Waals surface area contributed by atoms with Crippen molar-refractivity contribution >= 4 is 5.82 Å². The van der Waals surface area contributed by atoms with Crippen LogP contribution in [0.1, 0.15) is 32.3 Å². The molecule has 4 heteroatoms. The zero-order valence-corrected chi connectivity index (χ0v) is 12.9. The van der Waals surface area contributed by atoms with Gasteiger partial charge >= 0.3 is 0 Å². The lowest BCUT2D eigenvalue weighted by molar-refractivity contribution is 0.0576. The normalized spacial score (nSPS) is 19.3. The zero-order valence-electron chi connectivity index (χ0n) is 12.9. The highest BCUT2D eigenvalue weighted by atomic mass is 16.5. The Morgan fingerprint density at radius 1 is 1.50 bits per heavy atom. The molecular formula is C16H27N3O. The third-order valence-corrected chi connectivity index (χ3v) is 3.72. The van der Waals surface area contributed by atoms with Crippen molar-refractivity contribution in [1.82, 2.24) is 10.3 Å². The molecule has 0 bridgehead atoms. The Hall–Kier alpha value is -1.13. The van der Waals surface area contributed by atoms with Crippen LogP contribution in [0, 0.1) is 5.92 Å². The van der Waals surface area contributed by atoms with Gasteiger partial charge < -0.3 is 15.0 Å². The molecule has 20 heavy (non-hydrogen) atoms. The molecule has 1 fully saturated rings. The summed E-state index contributed by atoms with van der Waals surface area (Å²) in [6, 6.07) is 4.66. The fourth-order valence-corrected chi connectivity index (χ4v) is 2.65. The van der Waals surface area contributed by atoms with Crippen molar-refractivity contribution in [3.63, 3.8) is 0 Å². The van der Waals surface area contributed by atoms with E-state index in [0.29, 0.717) is 12.0 Å². The van der Waals surface area contributed by atoms with Crippen LogP contribution in [0.4, 0.5) is 5.82 Å². The number of pyridine rings is 1. The van der Waals surface area contributed by atoms with Gasteiger partial charge in [-0.2, -0.15) is 0 Å². The van der Waals surface area contributed by atoms with Crippen LogP contribution in [0.15, 0.2) is 18.3 Å². The number of ether oxygens (including phenoxy) is 1. The molecule has 0 saturated carbocycles. The van der Waals surface area contributed by atoms with Gasteiger partial charge in [0.25, 0.3) is 0 Å². The first kappa shape index (κ1) is 15.3. The summed E-state index contributed by atoms with van der Waals surface area (Å²) in [5.74, 6) is 1.72. The Morgan fingerprint density at radius 2 is 2.35 bits per heavy atom. The Morgan fingerprint density at radius 3 is 3.05 bits per heavy atom. The molecule has 2 rings (SSSR count). The van der Waals surface area contributed by atoms with Crippen LogP contribution in [0.2, 0.25) is 0 Å². The number of nitrogens with zero attached hydrogens (tertiary/aromatic N) is 2. The zero-order chi connectivity index (χ0) is 14.4. The Kier molecular flexibility index (Phi) is 5.80. The number of hydrogen-bond acceptors (Lipinski definition) is 4. The Balaban J connectivity index is 1.98. The van der Waals surface area contributed by atoms with Crippen molar-refractivity contribution in [2.75, 3.05) is 31.7 Å². The standard InChI is InChI=1S/C16H27N3O/c1-13(2)18-10-15-7-4-8-17-16(15)19(3)11-14-6-5-9-20-12-14/h4,7-8,13-14,18H,5-6,9-12H2,1-3H3. The molecule has 1 atom stereocenters. The summed E-state index contributed by atoms with van der Waals surface area (Å²) >= 11 is 0. The quantitative estimate of drug-likeness (QED) is 0.866. The lowest BCUT2D eigenvalue weighted by atomic mass is 10.0. The van der Waals surface area contributed by atoms with Crippen LogP contribution in [-0.4, -0.2) is 37.8 Å². The fraction of sp³-hybridized carbons (Fsp3) is 0.688. The van der Waals surface area contributed by atoms with Crippen molar-refractivity contribution in [2.45, 2.75) is 39.3 Å². The van der Waals surface area contributed by atoms with E-state index in [1.54, 1.807) is 0 Å². The first-order valence-corrected chi connectivity index (χ1v) is 7.63. The topological polar surface area (TPSA) is 37.4 Å². The number of hydrogen-bond donors (Lipinski definition) is 1. The largest absolute Gasteiger partial charge is 0.381 e. The number of nitrogens with one attached hydrogen (secondary N) is 1. The van der Waals surface area contributed by atoms with Crippen LogP contribution in [0.5, 0.6) is 0 Å². The molecule has 0 aromatic carbocycles. The lowest BCUT2D eigenvalue weighted by Gasteiger charge is -2.29. The third kappa shape index (κ3) is 4.46. The second kappa shape index (κ2) is 7.60. The highest BCUT2D eigenvalue weighted by Crippen LogP contribution is 2.20. The van der Waals surface area contributed by atoms with E-state index in [1.807, 2.05) is 12.3 Å². The minimum absolute atomic E-state index is 0.486. The Labute approximate surface area is 122 Å². The molecule has 0 aliphatic carbocycles. The van der Waals surface area contributed by atoms with Crippen molar-refractivity contribution in [3.05, 3.63) is 23.9 Å². The van der Waals surface area contributed by atoms with Gasteiger partial charge in [-0.15, -0.1) is 0 Å². The SMILES string of the molecule is CC(C)NCc1cccnc1N(C)CC1CCCOC1. The fourth-order valence-electron chi connectivity index (χ4n) is 2.65. The maximum Gasteiger partial charge on any atom is 0.132 e. The third-order valence-electron chi connectivity index (χ3n) is 3.72. The van der Waals surface area contributed by atoms with E-state index in [1.165, 1.54) is 18.4 Å². The first-order valence-electron chi connectivity index (χ1n) is 7.63. The molecule has 1 aromatic rings. The second-order valence-electron chi connectivity index (χ2n) is 5.99. The van der Waals surface area contributed by atoms with Crippen LogP contribution in [0.25, 0.3) is 0 Å². The molecule has 112 valence electrons. The van der Waals surface area contributed by atoms with Crippen molar-refractivity contribution in [2.24, 2.45) is 5.92 Å². The summed E-state index contributed by atoms with van der Waals surface area (Å²) in [5.41, 5.74) is 1.26. The van der Waals surface area contributed by atoms with Crippen molar-refractivity contribution in [3.8, 4) is 0 Å². The van der Waals surface area contributed by atoms with Gasteiger partial charge in [-0.05, 0) is 24.8 Å². The van der Waals surface area contributed by atoms with Gasteiger partial charge in [0.15, 0.2) is 0 Å². The predicted molar refractivity (Wildman–Crippen MR) is 83.0 cm³/mol. The summed E-state index contributed by atoms with van der Waals surface area (Å²) in [7, 11) is 2.13. The Bertz CT molecular complexity index is 402. The lowest BCUT2D eigenvalue weighted by Crippen LogP contribution is -2.32. The summed E-state index contributed by atoms with van der Waals surface area (Å²) in [6.45, 7) is 8.03. The van der Waals surface area contributed by atoms with E-state index in [2.05, 4.69) is 42.2 Å². The average molecular weight is 277 g/mol. The predicted octanol–water partition coefficient (Wildman–Crippen LogP) is 2.44. The first-order chi connectivity index (χ1) is 9.66. The molecule has 1 aliphatic heterocycles. The molecule has 0 radical (unpaired) electrons. The van der Waals surface area contributed by atoms with Crippen molar-refractivity contribution < 1.29 is 4.74 Å². The molecule has 1 saturated heterocycles. The van der Waals surface area contributed by atoms with Gasteiger partial charge in [0.05, 0.1) is 6.61 Å². The summed E-state index contributed by atoms with van der Waals surface area (Å²) in [5, 5.41) is 3.47. The molecule has 1 aromatic heterocycles. The van der Waals surface area contributed by atoms with Crippen molar-refractivity contribution in [1.29, 1.82) is 0 Å². The average Bonchev–Trinajstić information content (AvgIpc) is 2.46. The van der Waals surface area contributed by atoms with Crippen LogP contribution >= 0.6 is 0 Å². The summed E-state index contributed by atoms with van der Waals surface area (Å²) in [6.07, 6.45) is 4.32. The van der Waals surface area contributed by atoms with Crippen LogP contribution in [0.3, 0.4) is 0 Å². The van der Waals surface area contributed by atoms with Gasteiger partial charge in [-0.25, -0.2) is 4.98 Å². The molecule has 1 N–H and O–H groups in total. The molecule has 4 nitrogen and oxygen atoms in total. The van der Waals surface area contributed by atoms with Gasteiger partial charge in [0.2, 0.25) is 0 Å². The molecule has 2 heterocycles. The molecule has 1 aliphatic rings. The highest BCUT2D eigenvalue weighted by molar-refractivity contribution is 5.46. The number of rotatable bonds is 6. The summed E-state index contributed by atoms with van der Waals surface area (Å²) in [4.78, 5) is 6.84. The maximum atomic E-state index is 5.57. The molecule has 0 amide bonds. The van der Waals surface area contributed by atoms with E-state index in [4.69, 9.17) is 4.74 Å². The number of aromatic nitrogens is 1. The smallest absolute Gasteiger partial charge is 0.132 e. The summed E-state index contributed by atoms with van der Waals surface area (Å²) < 4.78 is 5.57.